The van der Waals surface area contributed by atoms with Crippen LogP contribution in [0.1, 0.15) is 6.92 Å². The second kappa shape index (κ2) is 5.63. The van der Waals surface area contributed by atoms with Crippen LogP contribution in [0, 0.1) is 0 Å². The fourth-order valence-corrected chi connectivity index (χ4v) is 4.35. The van der Waals surface area contributed by atoms with E-state index >= 15 is 0 Å². The summed E-state index contributed by atoms with van der Waals surface area (Å²) in [5, 5.41) is 1.76. The molecule has 4 nitrogen and oxygen atoms in total. The Morgan fingerprint density at radius 1 is 1.26 bits per heavy atom. The van der Waals surface area contributed by atoms with Gasteiger partial charge < -0.3 is 4.74 Å². The SMILES string of the molecule is CCN(c1cccc(OC)c1)S(=O)(=O)c1cccs1. The molecule has 0 unspecified atom stereocenters. The van der Waals surface area contributed by atoms with Gasteiger partial charge in [0.2, 0.25) is 0 Å². The van der Waals surface area contributed by atoms with E-state index in [-0.39, 0.29) is 0 Å². The number of methoxy groups -OCH3 is 1. The molecule has 0 amide bonds. The molecule has 19 heavy (non-hydrogen) atoms. The summed E-state index contributed by atoms with van der Waals surface area (Å²) in [4.78, 5) is 0. The summed E-state index contributed by atoms with van der Waals surface area (Å²) in [5.41, 5.74) is 0.607. The summed E-state index contributed by atoms with van der Waals surface area (Å²) >= 11 is 1.22. The van der Waals surface area contributed by atoms with Crippen LogP contribution in [0.15, 0.2) is 46.0 Å². The van der Waals surface area contributed by atoms with Crippen LogP contribution < -0.4 is 9.04 Å². The molecule has 6 heteroatoms. The summed E-state index contributed by atoms with van der Waals surface area (Å²) in [6.07, 6.45) is 0. The van der Waals surface area contributed by atoms with E-state index in [2.05, 4.69) is 0 Å². The van der Waals surface area contributed by atoms with Gasteiger partial charge in [0, 0.05) is 12.6 Å². The molecule has 0 aliphatic rings. The quantitative estimate of drug-likeness (QED) is 0.852. The van der Waals surface area contributed by atoms with Gasteiger partial charge in [-0.1, -0.05) is 12.1 Å². The third-order valence-electron chi connectivity index (χ3n) is 2.67. The largest absolute Gasteiger partial charge is 0.497 e. The van der Waals surface area contributed by atoms with Crippen LogP contribution in [0.3, 0.4) is 0 Å². The number of hydrogen-bond donors (Lipinski definition) is 0. The Labute approximate surface area is 117 Å². The van der Waals surface area contributed by atoms with Gasteiger partial charge in [0.05, 0.1) is 12.8 Å². The maximum atomic E-state index is 12.5. The predicted octanol–water partition coefficient (Wildman–Crippen LogP) is 2.97. The van der Waals surface area contributed by atoms with Crippen molar-refractivity contribution in [3.05, 3.63) is 41.8 Å². The van der Waals surface area contributed by atoms with Crippen LogP contribution in [0.2, 0.25) is 0 Å². The van der Waals surface area contributed by atoms with Crippen LogP contribution >= 0.6 is 11.3 Å². The second-order valence-corrected chi connectivity index (χ2v) is 6.84. The first-order valence-corrected chi connectivity index (χ1v) is 8.12. The van der Waals surface area contributed by atoms with Crippen LogP contribution in [0.5, 0.6) is 5.75 Å². The van der Waals surface area contributed by atoms with Crippen molar-refractivity contribution < 1.29 is 13.2 Å². The molecule has 2 aromatic rings. The molecule has 102 valence electrons. The zero-order chi connectivity index (χ0) is 13.9. The Balaban J connectivity index is 2.45. The van der Waals surface area contributed by atoms with Crippen LogP contribution in [0.25, 0.3) is 0 Å². The van der Waals surface area contributed by atoms with Crippen molar-refractivity contribution in [1.82, 2.24) is 0 Å². The molecular formula is C13H15NO3S2. The van der Waals surface area contributed by atoms with Gasteiger partial charge in [0.1, 0.15) is 9.96 Å². The first kappa shape index (κ1) is 13.9. The van der Waals surface area contributed by atoms with Gasteiger partial charge >= 0.3 is 0 Å². The number of hydrogen-bond acceptors (Lipinski definition) is 4. The van der Waals surface area contributed by atoms with E-state index in [1.807, 2.05) is 6.92 Å². The van der Waals surface area contributed by atoms with Gasteiger partial charge in [-0.3, -0.25) is 4.31 Å². The smallest absolute Gasteiger partial charge is 0.273 e. The molecule has 0 saturated carbocycles. The third-order valence-corrected chi connectivity index (χ3v) is 5.94. The van der Waals surface area contributed by atoms with E-state index in [9.17, 15) is 8.42 Å². The highest BCUT2D eigenvalue weighted by atomic mass is 32.2. The average molecular weight is 297 g/mol. The van der Waals surface area contributed by atoms with Gasteiger partial charge in [0.15, 0.2) is 0 Å². The van der Waals surface area contributed by atoms with Gasteiger partial charge in [0.25, 0.3) is 10.0 Å². The maximum Gasteiger partial charge on any atom is 0.273 e. The van der Waals surface area contributed by atoms with E-state index in [1.165, 1.54) is 15.6 Å². The molecule has 0 aliphatic carbocycles. The lowest BCUT2D eigenvalue weighted by molar-refractivity contribution is 0.415. The molecule has 0 atom stereocenters. The summed E-state index contributed by atoms with van der Waals surface area (Å²) in [5.74, 6) is 0.636. The van der Waals surface area contributed by atoms with Crippen molar-refractivity contribution in [2.24, 2.45) is 0 Å². The fourth-order valence-electron chi connectivity index (χ4n) is 1.78. The molecule has 0 aliphatic heterocycles. The number of nitrogens with zero attached hydrogens (tertiary/aromatic N) is 1. The van der Waals surface area contributed by atoms with E-state index < -0.39 is 10.0 Å². The highest BCUT2D eigenvalue weighted by molar-refractivity contribution is 7.94. The van der Waals surface area contributed by atoms with Gasteiger partial charge in [-0.25, -0.2) is 8.42 Å². The van der Waals surface area contributed by atoms with E-state index in [1.54, 1.807) is 48.9 Å². The van der Waals surface area contributed by atoms with Crippen LogP contribution in [0.4, 0.5) is 5.69 Å². The Hall–Kier alpha value is -1.53. The molecule has 1 aromatic carbocycles. The van der Waals surface area contributed by atoms with E-state index in [0.29, 0.717) is 22.2 Å². The van der Waals surface area contributed by atoms with Gasteiger partial charge in [-0.05, 0) is 30.5 Å². The topological polar surface area (TPSA) is 46.6 Å². The lowest BCUT2D eigenvalue weighted by Crippen LogP contribution is -2.30. The minimum Gasteiger partial charge on any atom is -0.497 e. The second-order valence-electron chi connectivity index (χ2n) is 3.80. The standard InChI is InChI=1S/C13H15NO3S2/c1-3-14(11-6-4-7-12(10-11)17-2)19(15,16)13-8-5-9-18-13/h4-10H,3H2,1-2H3. The predicted molar refractivity (Wildman–Crippen MR) is 77.5 cm³/mol. The highest BCUT2D eigenvalue weighted by Gasteiger charge is 2.24. The monoisotopic (exact) mass is 297 g/mol. The maximum absolute atomic E-state index is 12.5. The Morgan fingerprint density at radius 2 is 2.05 bits per heavy atom. The molecule has 0 N–H and O–H groups in total. The summed E-state index contributed by atoms with van der Waals surface area (Å²) in [7, 11) is -1.93. The number of benzene rings is 1. The van der Waals surface area contributed by atoms with Crippen LogP contribution in [-0.2, 0) is 10.0 Å². The van der Waals surface area contributed by atoms with E-state index in [4.69, 9.17) is 4.74 Å². The number of sulfonamides is 1. The molecule has 0 saturated heterocycles. The van der Waals surface area contributed by atoms with Crippen molar-refractivity contribution in [2.75, 3.05) is 18.0 Å². The van der Waals surface area contributed by atoms with E-state index in [0.717, 1.165) is 0 Å². The molecule has 1 aromatic heterocycles. The molecule has 0 fully saturated rings. The van der Waals surface area contributed by atoms with Crippen LogP contribution in [-0.4, -0.2) is 22.1 Å². The van der Waals surface area contributed by atoms with Gasteiger partial charge in [-0.2, -0.15) is 0 Å². The Morgan fingerprint density at radius 3 is 2.63 bits per heavy atom. The van der Waals surface area contributed by atoms with Crippen molar-refractivity contribution >= 4 is 27.0 Å². The summed E-state index contributed by atoms with van der Waals surface area (Å²) in [6.45, 7) is 2.18. The highest BCUT2D eigenvalue weighted by Crippen LogP contribution is 2.28. The van der Waals surface area contributed by atoms with Crippen molar-refractivity contribution in [2.45, 2.75) is 11.1 Å². The zero-order valence-electron chi connectivity index (χ0n) is 10.7. The van der Waals surface area contributed by atoms with Crippen molar-refractivity contribution in [1.29, 1.82) is 0 Å². The number of ether oxygens (including phenoxy) is 1. The number of thiophene rings is 1. The molecule has 0 bridgehead atoms. The molecule has 1 heterocycles. The Kier molecular flexibility index (Phi) is 4.11. The molecular weight excluding hydrogens is 282 g/mol. The lowest BCUT2D eigenvalue weighted by atomic mass is 10.3. The molecule has 0 spiro atoms. The average Bonchev–Trinajstić information content (AvgIpc) is 2.94. The zero-order valence-corrected chi connectivity index (χ0v) is 12.4. The first-order valence-electron chi connectivity index (χ1n) is 5.80. The Bertz CT molecular complexity index is 636. The summed E-state index contributed by atoms with van der Waals surface area (Å²) < 4.78 is 31.9. The molecule has 0 radical (unpaired) electrons. The first-order chi connectivity index (χ1) is 9.09. The minimum absolute atomic E-state index is 0.345. The van der Waals surface area contributed by atoms with Crippen molar-refractivity contribution in [3.63, 3.8) is 0 Å². The number of rotatable bonds is 5. The van der Waals surface area contributed by atoms with Crippen molar-refractivity contribution in [3.8, 4) is 5.75 Å². The minimum atomic E-state index is -3.49. The lowest BCUT2D eigenvalue weighted by Gasteiger charge is -2.22. The normalized spacial score (nSPS) is 11.3. The van der Waals surface area contributed by atoms with Gasteiger partial charge in [-0.15, -0.1) is 11.3 Å². The third kappa shape index (κ3) is 2.74. The number of anilines is 1. The summed E-state index contributed by atoms with van der Waals surface area (Å²) in [6, 6.07) is 10.4. The molecule has 2 rings (SSSR count). The fraction of sp³-hybridized carbons (Fsp3) is 0.231.